The summed E-state index contributed by atoms with van der Waals surface area (Å²) in [6.07, 6.45) is 0. The second-order valence-electron chi connectivity index (χ2n) is 4.14. The Kier molecular flexibility index (Phi) is 4.35. The van der Waals surface area contributed by atoms with Gasteiger partial charge < -0.3 is 9.67 Å². The third-order valence-corrected chi connectivity index (χ3v) is 2.98. The maximum Gasteiger partial charge on any atom is 0.313 e. The van der Waals surface area contributed by atoms with Gasteiger partial charge >= 0.3 is 5.97 Å². The lowest BCUT2D eigenvalue weighted by Crippen LogP contribution is -2.10. The Morgan fingerprint density at radius 3 is 2.44 bits per heavy atom. The van der Waals surface area contributed by atoms with Crippen molar-refractivity contribution in [2.75, 3.05) is 5.75 Å². The van der Waals surface area contributed by atoms with Gasteiger partial charge in [0, 0.05) is 12.0 Å². The number of thioether (sulfide) groups is 1. The molecular weight excluding hydrogens is 226 g/mol. The normalized spacial score (nSPS) is 11.4. The fourth-order valence-corrected chi connectivity index (χ4v) is 2.19. The minimum absolute atomic E-state index is 0.0168. The SMILES string of the molecule is CC(C)c1nnc(SCC(=O)O)n1C(C)C. The fourth-order valence-electron chi connectivity index (χ4n) is 1.39. The van der Waals surface area contributed by atoms with E-state index in [1.54, 1.807) is 0 Å². The Labute approximate surface area is 99.3 Å². The molecule has 16 heavy (non-hydrogen) atoms. The average molecular weight is 243 g/mol. The molecule has 0 fully saturated rings. The minimum Gasteiger partial charge on any atom is -0.481 e. The third-order valence-electron chi connectivity index (χ3n) is 2.05. The molecule has 0 amide bonds. The number of carboxylic acids is 1. The molecule has 0 saturated carbocycles. The molecule has 0 unspecified atom stereocenters. The van der Waals surface area contributed by atoms with Gasteiger partial charge in [-0.05, 0) is 13.8 Å². The highest BCUT2D eigenvalue weighted by Gasteiger charge is 2.17. The predicted octanol–water partition coefficient (Wildman–Crippen LogP) is 2.16. The van der Waals surface area contributed by atoms with Crippen molar-refractivity contribution in [1.29, 1.82) is 0 Å². The lowest BCUT2D eigenvalue weighted by molar-refractivity contribution is -0.133. The largest absolute Gasteiger partial charge is 0.481 e. The van der Waals surface area contributed by atoms with Gasteiger partial charge in [-0.15, -0.1) is 10.2 Å². The molecule has 5 nitrogen and oxygen atoms in total. The predicted molar refractivity (Wildman–Crippen MR) is 62.9 cm³/mol. The zero-order valence-corrected chi connectivity index (χ0v) is 10.8. The van der Waals surface area contributed by atoms with Crippen LogP contribution in [-0.2, 0) is 4.79 Å². The van der Waals surface area contributed by atoms with E-state index < -0.39 is 5.97 Å². The summed E-state index contributed by atoms with van der Waals surface area (Å²) in [6.45, 7) is 8.18. The summed E-state index contributed by atoms with van der Waals surface area (Å²) in [5, 5.41) is 17.5. The molecule has 0 bridgehead atoms. The van der Waals surface area contributed by atoms with E-state index in [4.69, 9.17) is 5.11 Å². The molecule has 90 valence electrons. The molecule has 6 heteroatoms. The Balaban J connectivity index is 2.96. The number of hydrogen-bond acceptors (Lipinski definition) is 4. The average Bonchev–Trinajstić information content (AvgIpc) is 2.57. The first-order chi connectivity index (χ1) is 7.43. The Morgan fingerprint density at radius 2 is 2.00 bits per heavy atom. The molecule has 0 atom stereocenters. The van der Waals surface area contributed by atoms with Gasteiger partial charge in [0.1, 0.15) is 5.82 Å². The topological polar surface area (TPSA) is 68.0 Å². The van der Waals surface area contributed by atoms with Crippen LogP contribution in [0.3, 0.4) is 0 Å². The first-order valence-corrected chi connectivity index (χ1v) is 6.21. The molecular formula is C10H17N3O2S. The summed E-state index contributed by atoms with van der Waals surface area (Å²) in [7, 11) is 0. The first kappa shape index (κ1) is 13.0. The molecule has 1 N–H and O–H groups in total. The molecule has 1 rings (SSSR count). The fraction of sp³-hybridized carbons (Fsp3) is 0.700. The van der Waals surface area contributed by atoms with E-state index in [1.807, 2.05) is 18.4 Å². The standard InChI is InChI=1S/C10H17N3O2S/c1-6(2)9-11-12-10(13(9)7(3)4)16-5-8(14)15/h6-7H,5H2,1-4H3,(H,14,15). The van der Waals surface area contributed by atoms with E-state index in [0.29, 0.717) is 5.16 Å². The summed E-state index contributed by atoms with van der Waals surface area (Å²) in [5.74, 6) is 0.370. The summed E-state index contributed by atoms with van der Waals surface area (Å²) in [5.41, 5.74) is 0. The van der Waals surface area contributed by atoms with E-state index in [-0.39, 0.29) is 17.7 Å². The quantitative estimate of drug-likeness (QED) is 0.803. The molecule has 0 saturated heterocycles. The summed E-state index contributed by atoms with van der Waals surface area (Å²) in [6, 6.07) is 0.240. The van der Waals surface area contributed by atoms with Gasteiger partial charge in [0.2, 0.25) is 0 Å². The lowest BCUT2D eigenvalue weighted by Gasteiger charge is -2.14. The van der Waals surface area contributed by atoms with E-state index in [2.05, 4.69) is 24.0 Å². The number of rotatable bonds is 5. The van der Waals surface area contributed by atoms with Crippen molar-refractivity contribution >= 4 is 17.7 Å². The monoisotopic (exact) mass is 243 g/mol. The van der Waals surface area contributed by atoms with Crippen LogP contribution in [0, 0.1) is 0 Å². The zero-order valence-electron chi connectivity index (χ0n) is 9.97. The molecule has 0 aliphatic carbocycles. The van der Waals surface area contributed by atoms with Crippen LogP contribution in [0.25, 0.3) is 0 Å². The van der Waals surface area contributed by atoms with Gasteiger partial charge in [0.25, 0.3) is 0 Å². The van der Waals surface area contributed by atoms with Crippen LogP contribution in [0.1, 0.15) is 45.5 Å². The summed E-state index contributed by atoms with van der Waals surface area (Å²) < 4.78 is 2.00. The number of aliphatic carboxylic acids is 1. The number of aromatic nitrogens is 3. The van der Waals surface area contributed by atoms with Crippen molar-refractivity contribution in [3.8, 4) is 0 Å². The molecule has 0 spiro atoms. The van der Waals surface area contributed by atoms with Crippen molar-refractivity contribution in [2.45, 2.75) is 44.8 Å². The Hall–Kier alpha value is -1.04. The molecule has 0 aromatic carbocycles. The highest BCUT2D eigenvalue weighted by molar-refractivity contribution is 7.99. The smallest absolute Gasteiger partial charge is 0.313 e. The van der Waals surface area contributed by atoms with Gasteiger partial charge in [0.05, 0.1) is 5.75 Å². The molecule has 1 aromatic rings. The second kappa shape index (κ2) is 5.34. The summed E-state index contributed by atoms with van der Waals surface area (Å²) in [4.78, 5) is 10.5. The maximum atomic E-state index is 10.5. The molecule has 0 aliphatic heterocycles. The minimum atomic E-state index is -0.839. The maximum absolute atomic E-state index is 10.5. The van der Waals surface area contributed by atoms with E-state index in [0.717, 1.165) is 5.82 Å². The second-order valence-corrected chi connectivity index (χ2v) is 5.08. The van der Waals surface area contributed by atoms with Crippen molar-refractivity contribution < 1.29 is 9.90 Å². The zero-order chi connectivity index (χ0) is 12.3. The van der Waals surface area contributed by atoms with E-state index in [9.17, 15) is 4.79 Å². The lowest BCUT2D eigenvalue weighted by atomic mass is 10.2. The van der Waals surface area contributed by atoms with Crippen molar-refractivity contribution in [2.24, 2.45) is 0 Å². The van der Waals surface area contributed by atoms with Crippen molar-refractivity contribution in [3.05, 3.63) is 5.82 Å². The number of carboxylic acid groups (broad SMARTS) is 1. The van der Waals surface area contributed by atoms with Crippen molar-refractivity contribution in [3.63, 3.8) is 0 Å². The van der Waals surface area contributed by atoms with Crippen LogP contribution in [0.5, 0.6) is 0 Å². The van der Waals surface area contributed by atoms with Gasteiger partial charge in [0.15, 0.2) is 5.16 Å². The van der Waals surface area contributed by atoms with Crippen molar-refractivity contribution in [1.82, 2.24) is 14.8 Å². The molecule has 1 heterocycles. The van der Waals surface area contributed by atoms with E-state index in [1.165, 1.54) is 11.8 Å². The van der Waals surface area contributed by atoms with E-state index >= 15 is 0 Å². The van der Waals surface area contributed by atoms with Crippen LogP contribution in [0.2, 0.25) is 0 Å². The first-order valence-electron chi connectivity index (χ1n) is 5.22. The Morgan fingerprint density at radius 1 is 1.38 bits per heavy atom. The van der Waals surface area contributed by atoms with Gasteiger partial charge in [-0.2, -0.15) is 0 Å². The number of nitrogens with zero attached hydrogens (tertiary/aromatic N) is 3. The molecule has 0 aliphatic rings. The van der Waals surface area contributed by atoms with Crippen LogP contribution < -0.4 is 0 Å². The number of hydrogen-bond donors (Lipinski definition) is 1. The van der Waals surface area contributed by atoms with Crippen LogP contribution in [0.4, 0.5) is 0 Å². The highest BCUT2D eigenvalue weighted by Crippen LogP contribution is 2.24. The van der Waals surface area contributed by atoms with Crippen LogP contribution in [-0.4, -0.2) is 31.6 Å². The highest BCUT2D eigenvalue weighted by atomic mass is 32.2. The molecule has 0 radical (unpaired) electrons. The third kappa shape index (κ3) is 2.98. The van der Waals surface area contributed by atoms with Gasteiger partial charge in [-0.3, -0.25) is 4.79 Å². The molecule has 1 aromatic heterocycles. The summed E-state index contributed by atoms with van der Waals surface area (Å²) >= 11 is 1.21. The van der Waals surface area contributed by atoms with Gasteiger partial charge in [-0.25, -0.2) is 0 Å². The van der Waals surface area contributed by atoms with Crippen LogP contribution in [0.15, 0.2) is 5.16 Å². The Bertz CT molecular complexity index is 374. The van der Waals surface area contributed by atoms with Crippen LogP contribution >= 0.6 is 11.8 Å². The number of carbonyl (C=O) groups is 1. The van der Waals surface area contributed by atoms with Gasteiger partial charge in [-0.1, -0.05) is 25.6 Å².